The lowest BCUT2D eigenvalue weighted by Gasteiger charge is -2.26. The third kappa shape index (κ3) is 3.05. The first kappa shape index (κ1) is 13.8. The van der Waals surface area contributed by atoms with Crippen molar-refractivity contribution in [2.45, 2.75) is 18.4 Å². The number of nitrogens with zero attached hydrogens (tertiary/aromatic N) is 1. The van der Waals surface area contributed by atoms with Gasteiger partial charge in [0.1, 0.15) is 5.82 Å². The van der Waals surface area contributed by atoms with Gasteiger partial charge in [0.15, 0.2) is 0 Å². The van der Waals surface area contributed by atoms with Crippen LogP contribution < -0.4 is 0 Å². The molecule has 2 rings (SSSR count). The molecule has 0 saturated carbocycles. The molecule has 3 atom stereocenters. The maximum atomic E-state index is 13.0. The second kappa shape index (κ2) is 6.04. The van der Waals surface area contributed by atoms with Crippen LogP contribution in [0.1, 0.15) is 17.9 Å². The van der Waals surface area contributed by atoms with Crippen LogP contribution >= 0.6 is 11.8 Å². The monoisotopic (exact) mass is 269 g/mol. The van der Waals surface area contributed by atoms with Crippen LogP contribution in [0.3, 0.4) is 0 Å². The molecule has 1 saturated heterocycles. The minimum absolute atomic E-state index is 0.178. The zero-order chi connectivity index (χ0) is 13.1. The van der Waals surface area contributed by atoms with E-state index in [1.807, 2.05) is 23.9 Å². The van der Waals surface area contributed by atoms with Gasteiger partial charge in [0, 0.05) is 19.4 Å². The molecule has 0 N–H and O–H groups in total. The molecule has 0 spiro atoms. The molecule has 1 aliphatic heterocycles. The normalized spacial score (nSPS) is 30.1. The Morgan fingerprint density at radius 2 is 2.00 bits per heavy atom. The molecule has 4 heteroatoms. The van der Waals surface area contributed by atoms with E-state index >= 15 is 0 Å². The summed E-state index contributed by atoms with van der Waals surface area (Å²) in [6.07, 6.45) is 0.294. The molecule has 2 nitrogen and oxygen atoms in total. The second-order valence-corrected chi connectivity index (χ2v) is 6.04. The fraction of sp³-hybridized carbons (Fsp3) is 0.571. The maximum absolute atomic E-state index is 13.0. The molecule has 1 unspecified atom stereocenters. The first-order valence-corrected chi connectivity index (χ1v) is 7.26. The topological polar surface area (TPSA) is 12.5 Å². The van der Waals surface area contributed by atoms with E-state index < -0.39 is 0 Å². The number of benzene rings is 1. The number of rotatable bonds is 2. The quantitative estimate of drug-likeness (QED) is 0.818. The maximum Gasteiger partial charge on any atom is 0.123 e. The van der Waals surface area contributed by atoms with Gasteiger partial charge in [0.2, 0.25) is 0 Å². The van der Waals surface area contributed by atoms with Crippen LogP contribution in [-0.2, 0) is 4.74 Å². The minimum Gasteiger partial charge on any atom is -0.380 e. The van der Waals surface area contributed by atoms with Crippen LogP contribution in [0.4, 0.5) is 4.39 Å². The van der Waals surface area contributed by atoms with Gasteiger partial charge in [-0.05, 0) is 30.7 Å². The molecular weight excluding hydrogens is 249 g/mol. The second-order valence-electron chi connectivity index (χ2n) is 4.93. The molecule has 1 heterocycles. The number of methoxy groups -OCH3 is 1. The number of halogens is 1. The van der Waals surface area contributed by atoms with Crippen LogP contribution in [0.2, 0.25) is 0 Å². The van der Waals surface area contributed by atoms with Crippen molar-refractivity contribution in [3.8, 4) is 0 Å². The molecule has 18 heavy (non-hydrogen) atoms. The van der Waals surface area contributed by atoms with Crippen molar-refractivity contribution >= 4 is 11.8 Å². The van der Waals surface area contributed by atoms with Crippen LogP contribution in [0.5, 0.6) is 0 Å². The van der Waals surface area contributed by atoms with E-state index in [9.17, 15) is 4.39 Å². The standard InChI is InChI=1S/C14H20FNOS/c1-10-8-16(2)14(18-9-13(10)17-3)11-4-6-12(15)7-5-11/h4-7,10,13-14H,8-9H2,1-3H3/t10-,13?,14-/m0/s1. The summed E-state index contributed by atoms with van der Waals surface area (Å²) in [7, 11) is 3.90. The van der Waals surface area contributed by atoms with Crippen molar-refractivity contribution in [2.24, 2.45) is 5.92 Å². The van der Waals surface area contributed by atoms with E-state index in [1.54, 1.807) is 7.11 Å². The van der Waals surface area contributed by atoms with E-state index in [4.69, 9.17) is 4.74 Å². The first-order valence-electron chi connectivity index (χ1n) is 6.22. The Labute approximate surface area is 113 Å². The molecule has 0 aliphatic carbocycles. The summed E-state index contributed by atoms with van der Waals surface area (Å²) in [5, 5.41) is 0.285. The van der Waals surface area contributed by atoms with Crippen LogP contribution in [0, 0.1) is 11.7 Å². The molecule has 100 valence electrons. The highest BCUT2D eigenvalue weighted by Crippen LogP contribution is 2.36. The highest BCUT2D eigenvalue weighted by atomic mass is 32.2. The molecule has 1 aromatic rings. The van der Waals surface area contributed by atoms with Crippen molar-refractivity contribution in [1.29, 1.82) is 0 Å². The molecule has 0 amide bonds. The molecule has 1 aliphatic rings. The van der Waals surface area contributed by atoms with Crippen molar-refractivity contribution in [2.75, 3.05) is 26.5 Å². The summed E-state index contributed by atoms with van der Waals surface area (Å²) < 4.78 is 18.5. The van der Waals surface area contributed by atoms with E-state index in [-0.39, 0.29) is 11.2 Å². The fourth-order valence-electron chi connectivity index (χ4n) is 2.42. The summed E-state index contributed by atoms with van der Waals surface area (Å²) in [6, 6.07) is 6.82. The van der Waals surface area contributed by atoms with Crippen molar-refractivity contribution in [1.82, 2.24) is 4.90 Å². The number of ether oxygens (including phenoxy) is 1. The van der Waals surface area contributed by atoms with Gasteiger partial charge in [0.25, 0.3) is 0 Å². The van der Waals surface area contributed by atoms with Crippen molar-refractivity contribution in [3.05, 3.63) is 35.6 Å². The molecular formula is C14H20FNOS. The van der Waals surface area contributed by atoms with E-state index in [0.717, 1.165) is 17.9 Å². The number of hydrogen-bond donors (Lipinski definition) is 0. The van der Waals surface area contributed by atoms with Gasteiger partial charge in [-0.2, -0.15) is 0 Å². The lowest BCUT2D eigenvalue weighted by atomic mass is 10.1. The molecule has 0 radical (unpaired) electrons. The molecule has 1 fully saturated rings. The third-order valence-electron chi connectivity index (χ3n) is 3.49. The highest BCUT2D eigenvalue weighted by molar-refractivity contribution is 7.99. The molecule has 0 bridgehead atoms. The predicted molar refractivity (Wildman–Crippen MR) is 74.2 cm³/mol. The molecule has 0 aromatic heterocycles. The first-order chi connectivity index (χ1) is 8.61. The fourth-order valence-corrected chi connectivity index (χ4v) is 3.95. The van der Waals surface area contributed by atoms with Gasteiger partial charge in [-0.1, -0.05) is 19.1 Å². The summed E-state index contributed by atoms with van der Waals surface area (Å²) in [5.74, 6) is 1.31. The third-order valence-corrected chi connectivity index (χ3v) is 4.96. The summed E-state index contributed by atoms with van der Waals surface area (Å²) in [6.45, 7) is 3.21. The Morgan fingerprint density at radius 3 is 2.61 bits per heavy atom. The van der Waals surface area contributed by atoms with E-state index in [1.165, 1.54) is 12.1 Å². The summed E-state index contributed by atoms with van der Waals surface area (Å²) in [5.41, 5.74) is 1.16. The van der Waals surface area contributed by atoms with Gasteiger partial charge < -0.3 is 4.74 Å². The Kier molecular flexibility index (Phi) is 4.65. The van der Waals surface area contributed by atoms with Crippen molar-refractivity contribution in [3.63, 3.8) is 0 Å². The Morgan fingerprint density at radius 1 is 1.33 bits per heavy atom. The zero-order valence-electron chi connectivity index (χ0n) is 11.1. The Balaban J connectivity index is 2.15. The van der Waals surface area contributed by atoms with Gasteiger partial charge in [-0.3, -0.25) is 4.90 Å². The largest absolute Gasteiger partial charge is 0.380 e. The van der Waals surface area contributed by atoms with Gasteiger partial charge in [-0.15, -0.1) is 11.8 Å². The number of thioether (sulfide) groups is 1. The van der Waals surface area contributed by atoms with Gasteiger partial charge in [-0.25, -0.2) is 4.39 Å². The highest BCUT2D eigenvalue weighted by Gasteiger charge is 2.29. The lowest BCUT2D eigenvalue weighted by molar-refractivity contribution is 0.0664. The molecule has 1 aromatic carbocycles. The van der Waals surface area contributed by atoms with Gasteiger partial charge in [0.05, 0.1) is 11.5 Å². The smallest absolute Gasteiger partial charge is 0.123 e. The van der Waals surface area contributed by atoms with E-state index in [0.29, 0.717) is 12.0 Å². The zero-order valence-corrected chi connectivity index (χ0v) is 11.9. The summed E-state index contributed by atoms with van der Waals surface area (Å²) >= 11 is 1.87. The Bertz CT molecular complexity index is 384. The average molecular weight is 269 g/mol. The van der Waals surface area contributed by atoms with Crippen LogP contribution in [-0.4, -0.2) is 37.5 Å². The van der Waals surface area contributed by atoms with Crippen molar-refractivity contribution < 1.29 is 9.13 Å². The summed E-state index contributed by atoms with van der Waals surface area (Å²) in [4.78, 5) is 2.32. The Hall–Kier alpha value is -0.580. The predicted octanol–water partition coefficient (Wildman–Crippen LogP) is 3.15. The van der Waals surface area contributed by atoms with Crippen LogP contribution in [0.15, 0.2) is 24.3 Å². The SMILES string of the molecule is COC1CS[C@@H](c2ccc(F)cc2)N(C)C[C@@H]1C. The van der Waals surface area contributed by atoms with E-state index in [2.05, 4.69) is 18.9 Å². The average Bonchev–Trinajstić information content (AvgIpc) is 2.49. The lowest BCUT2D eigenvalue weighted by Crippen LogP contribution is -2.30. The minimum atomic E-state index is -0.178. The van der Waals surface area contributed by atoms with Crippen LogP contribution in [0.25, 0.3) is 0 Å². The number of hydrogen-bond acceptors (Lipinski definition) is 3. The van der Waals surface area contributed by atoms with Gasteiger partial charge >= 0.3 is 0 Å².